The van der Waals surface area contributed by atoms with Gasteiger partial charge in [-0.15, -0.1) is 0 Å². The van der Waals surface area contributed by atoms with Gasteiger partial charge in [0.05, 0.1) is 29.9 Å². The highest BCUT2D eigenvalue weighted by molar-refractivity contribution is 6.23. The van der Waals surface area contributed by atoms with Gasteiger partial charge in [0.2, 0.25) is 11.8 Å². The third-order valence-electron chi connectivity index (χ3n) is 7.03. The average Bonchev–Trinajstić information content (AvgIpc) is 3.38. The summed E-state index contributed by atoms with van der Waals surface area (Å²) in [5, 5.41) is 11.3. The summed E-state index contributed by atoms with van der Waals surface area (Å²) in [5.41, 5.74) is 1.35. The van der Waals surface area contributed by atoms with Crippen molar-refractivity contribution >= 4 is 35.4 Å². The van der Waals surface area contributed by atoms with Gasteiger partial charge >= 0.3 is 6.09 Å². The lowest BCUT2D eigenvalue weighted by Crippen LogP contribution is -2.54. The van der Waals surface area contributed by atoms with Gasteiger partial charge in [0.1, 0.15) is 6.04 Å². The second-order valence-corrected chi connectivity index (χ2v) is 9.14. The molecule has 11 heteroatoms. The number of imide groups is 2. The van der Waals surface area contributed by atoms with E-state index in [9.17, 15) is 24.0 Å². The second kappa shape index (κ2) is 8.71. The Kier molecular flexibility index (Phi) is 5.72. The van der Waals surface area contributed by atoms with Crippen molar-refractivity contribution < 1.29 is 33.8 Å². The number of amides is 5. The molecule has 0 aliphatic carbocycles. The molecule has 180 valence electrons. The molecule has 0 spiro atoms. The van der Waals surface area contributed by atoms with Crippen LogP contribution in [0.2, 0.25) is 0 Å². The number of piperidine rings is 2. The molecular weight excluding hydrogens is 444 g/mol. The smallest absolute Gasteiger partial charge is 0.407 e. The Bertz CT molecular complexity index is 1070. The Morgan fingerprint density at radius 3 is 2.32 bits per heavy atom. The fourth-order valence-corrected chi connectivity index (χ4v) is 5.19. The minimum absolute atomic E-state index is 0.0515. The fourth-order valence-electron chi connectivity index (χ4n) is 5.19. The van der Waals surface area contributed by atoms with Crippen LogP contribution in [0.25, 0.3) is 0 Å². The molecule has 5 amide bonds. The minimum Gasteiger partial charge on any atom is -0.465 e. The van der Waals surface area contributed by atoms with Gasteiger partial charge in [0.15, 0.2) is 0 Å². The van der Waals surface area contributed by atoms with Crippen LogP contribution in [0.5, 0.6) is 0 Å². The highest BCUT2D eigenvalue weighted by atomic mass is 16.5. The van der Waals surface area contributed by atoms with E-state index < -0.39 is 35.8 Å². The van der Waals surface area contributed by atoms with E-state index >= 15 is 0 Å². The first-order valence-corrected chi connectivity index (χ1v) is 11.6. The Labute approximate surface area is 195 Å². The highest BCUT2D eigenvalue weighted by Crippen LogP contribution is 2.32. The molecule has 1 aromatic rings. The number of hydrogen-bond donors (Lipinski definition) is 2. The Morgan fingerprint density at radius 1 is 0.941 bits per heavy atom. The molecule has 4 aliphatic rings. The van der Waals surface area contributed by atoms with Crippen LogP contribution in [-0.4, -0.2) is 89.1 Å². The Balaban J connectivity index is 1.22. The van der Waals surface area contributed by atoms with Crippen LogP contribution < -0.4 is 10.2 Å². The summed E-state index contributed by atoms with van der Waals surface area (Å²) in [4.78, 5) is 65.1. The van der Waals surface area contributed by atoms with Gasteiger partial charge in [0, 0.05) is 31.7 Å². The van der Waals surface area contributed by atoms with Crippen LogP contribution >= 0.6 is 0 Å². The van der Waals surface area contributed by atoms with Crippen LogP contribution in [0, 0.1) is 0 Å². The first-order chi connectivity index (χ1) is 16.3. The van der Waals surface area contributed by atoms with E-state index in [1.807, 2.05) is 0 Å². The van der Waals surface area contributed by atoms with Crippen LogP contribution in [-0.2, 0) is 14.3 Å². The predicted octanol–water partition coefficient (Wildman–Crippen LogP) is 0.826. The van der Waals surface area contributed by atoms with Crippen molar-refractivity contribution in [3.63, 3.8) is 0 Å². The topological polar surface area (TPSA) is 137 Å². The standard InChI is InChI=1S/C23H26N4O7/c28-19-4-3-18(20(29)24-19)27-21(30)16-2-1-13(11-17(16)22(27)31)25-8-5-14(6-9-25)34-15-7-10-26(12-15)23(32)33/h1-2,11,14-15,18H,3-10,12H2,(H,32,33)(H,24,28,29)/t15-,18?/m0/s1. The third-order valence-corrected chi connectivity index (χ3v) is 7.03. The Morgan fingerprint density at radius 2 is 1.65 bits per heavy atom. The molecule has 1 unspecified atom stereocenters. The normalized spacial score (nSPS) is 25.7. The van der Waals surface area contributed by atoms with Crippen molar-refractivity contribution in [2.24, 2.45) is 0 Å². The maximum absolute atomic E-state index is 13.0. The van der Waals surface area contributed by atoms with Crippen molar-refractivity contribution in [3.8, 4) is 0 Å². The van der Waals surface area contributed by atoms with Gasteiger partial charge in [-0.25, -0.2) is 4.79 Å². The molecular formula is C23H26N4O7. The largest absolute Gasteiger partial charge is 0.465 e. The van der Waals surface area contributed by atoms with Gasteiger partial charge in [-0.05, 0) is 43.9 Å². The third kappa shape index (κ3) is 4.00. The summed E-state index contributed by atoms with van der Waals surface area (Å²) < 4.78 is 6.12. The van der Waals surface area contributed by atoms with Crippen molar-refractivity contribution in [2.45, 2.75) is 50.4 Å². The van der Waals surface area contributed by atoms with Gasteiger partial charge in [-0.2, -0.15) is 0 Å². The monoisotopic (exact) mass is 470 g/mol. The molecule has 1 aromatic carbocycles. The number of benzene rings is 1. The number of likely N-dealkylation sites (tertiary alicyclic amines) is 1. The molecule has 0 saturated carbocycles. The van der Waals surface area contributed by atoms with Gasteiger partial charge < -0.3 is 19.6 Å². The van der Waals surface area contributed by atoms with E-state index in [1.54, 1.807) is 18.2 Å². The summed E-state index contributed by atoms with van der Waals surface area (Å²) in [6.07, 6.45) is 1.53. The number of carbonyl (C=O) groups excluding carboxylic acids is 4. The fraction of sp³-hybridized carbons (Fsp3) is 0.522. The molecule has 5 rings (SSSR count). The number of carbonyl (C=O) groups is 5. The predicted molar refractivity (Wildman–Crippen MR) is 117 cm³/mol. The van der Waals surface area contributed by atoms with Crippen molar-refractivity contribution in [2.75, 3.05) is 31.1 Å². The Hall–Kier alpha value is -3.47. The molecule has 4 heterocycles. The number of anilines is 1. The van der Waals surface area contributed by atoms with Gasteiger partial charge in [0.25, 0.3) is 11.8 Å². The summed E-state index contributed by atoms with van der Waals surface area (Å²) in [6.45, 7) is 2.31. The maximum Gasteiger partial charge on any atom is 0.407 e. The molecule has 11 nitrogen and oxygen atoms in total. The van der Waals surface area contributed by atoms with E-state index in [0.717, 1.165) is 23.4 Å². The molecule has 2 N–H and O–H groups in total. The number of rotatable bonds is 4. The molecule has 0 bridgehead atoms. The van der Waals surface area contributed by atoms with E-state index in [-0.39, 0.29) is 36.2 Å². The minimum atomic E-state index is -0.978. The number of ether oxygens (including phenoxy) is 1. The van der Waals surface area contributed by atoms with E-state index in [1.165, 1.54) is 4.90 Å². The summed E-state index contributed by atoms with van der Waals surface area (Å²) in [6, 6.07) is 4.15. The van der Waals surface area contributed by atoms with E-state index in [2.05, 4.69) is 10.2 Å². The number of fused-ring (bicyclic) bond motifs is 1. The van der Waals surface area contributed by atoms with Gasteiger partial charge in [-0.1, -0.05) is 0 Å². The first kappa shape index (κ1) is 22.3. The number of carboxylic acid groups (broad SMARTS) is 1. The quantitative estimate of drug-likeness (QED) is 0.618. The summed E-state index contributed by atoms with van der Waals surface area (Å²) in [7, 11) is 0. The molecule has 4 aliphatic heterocycles. The van der Waals surface area contributed by atoms with Crippen molar-refractivity contribution in [1.29, 1.82) is 0 Å². The first-order valence-electron chi connectivity index (χ1n) is 11.6. The average molecular weight is 470 g/mol. The van der Waals surface area contributed by atoms with E-state index in [4.69, 9.17) is 9.84 Å². The maximum atomic E-state index is 13.0. The number of hydrogen-bond acceptors (Lipinski definition) is 7. The zero-order valence-corrected chi connectivity index (χ0v) is 18.6. The second-order valence-electron chi connectivity index (χ2n) is 9.14. The SMILES string of the molecule is O=C1CCC(N2C(=O)c3ccc(N4CCC(O[C@H]5CCN(C(=O)O)C5)CC4)cc3C2=O)C(=O)N1. The number of nitrogens with one attached hydrogen (secondary N) is 1. The van der Waals surface area contributed by atoms with Crippen LogP contribution in [0.1, 0.15) is 52.8 Å². The zero-order valence-electron chi connectivity index (χ0n) is 18.6. The lowest BCUT2D eigenvalue weighted by atomic mass is 10.0. The molecule has 0 radical (unpaired) electrons. The zero-order chi connectivity index (χ0) is 24.0. The van der Waals surface area contributed by atoms with Crippen LogP contribution in [0.3, 0.4) is 0 Å². The van der Waals surface area contributed by atoms with Crippen LogP contribution in [0.15, 0.2) is 18.2 Å². The molecule has 3 saturated heterocycles. The lowest BCUT2D eigenvalue weighted by Gasteiger charge is -2.34. The van der Waals surface area contributed by atoms with Crippen LogP contribution in [0.4, 0.5) is 10.5 Å². The lowest BCUT2D eigenvalue weighted by molar-refractivity contribution is -0.136. The molecule has 2 atom stereocenters. The molecule has 34 heavy (non-hydrogen) atoms. The van der Waals surface area contributed by atoms with Crippen molar-refractivity contribution in [1.82, 2.24) is 15.1 Å². The number of nitrogens with zero attached hydrogens (tertiary/aromatic N) is 3. The van der Waals surface area contributed by atoms with Crippen molar-refractivity contribution in [3.05, 3.63) is 29.3 Å². The summed E-state index contributed by atoms with van der Waals surface area (Å²) in [5.74, 6) is -2.06. The molecule has 3 fully saturated rings. The molecule has 0 aromatic heterocycles. The summed E-state index contributed by atoms with van der Waals surface area (Å²) >= 11 is 0. The van der Waals surface area contributed by atoms with E-state index in [0.29, 0.717) is 32.6 Å². The highest BCUT2D eigenvalue weighted by Gasteiger charge is 2.44. The van der Waals surface area contributed by atoms with Gasteiger partial charge in [-0.3, -0.25) is 29.4 Å².